The Morgan fingerprint density at radius 1 is 1.08 bits per heavy atom. The molecule has 2 aromatic heterocycles. The topological polar surface area (TPSA) is 53.4 Å². The Bertz CT molecular complexity index is 740. The Kier molecular flexibility index (Phi) is 6.06. The normalized spacial score (nSPS) is 16.4. The Morgan fingerprint density at radius 3 is 2.38 bits per heavy atom. The van der Waals surface area contributed by atoms with Gasteiger partial charge >= 0.3 is 0 Å². The first-order valence-electron chi connectivity index (χ1n) is 9.32. The van der Waals surface area contributed by atoms with Crippen LogP contribution in [0.15, 0.2) is 30.6 Å². The van der Waals surface area contributed by atoms with E-state index in [0.717, 1.165) is 50.7 Å². The summed E-state index contributed by atoms with van der Waals surface area (Å²) in [5, 5.41) is 0. The highest BCUT2D eigenvalue weighted by Crippen LogP contribution is 2.17. The van der Waals surface area contributed by atoms with E-state index >= 15 is 0 Å². The number of aromatic nitrogens is 2. The molecule has 0 atom stereocenters. The maximum absolute atomic E-state index is 11.4. The minimum atomic E-state index is -0.0418. The molecule has 0 saturated carbocycles. The Labute approximate surface area is 155 Å². The molecule has 6 nitrogen and oxygen atoms in total. The molecule has 1 saturated heterocycles. The van der Waals surface area contributed by atoms with Crippen molar-refractivity contribution in [2.75, 3.05) is 31.6 Å². The van der Waals surface area contributed by atoms with Crippen LogP contribution in [0.3, 0.4) is 0 Å². The van der Waals surface area contributed by atoms with Crippen molar-refractivity contribution in [3.63, 3.8) is 0 Å². The third-order valence-electron chi connectivity index (χ3n) is 5.04. The highest BCUT2D eigenvalue weighted by molar-refractivity contribution is 5.81. The van der Waals surface area contributed by atoms with Crippen molar-refractivity contribution in [3.8, 4) is 0 Å². The van der Waals surface area contributed by atoms with E-state index in [1.165, 1.54) is 17.5 Å². The number of nitrogens with one attached hydrogen (secondary N) is 1. The van der Waals surface area contributed by atoms with Gasteiger partial charge in [0, 0.05) is 56.9 Å². The van der Waals surface area contributed by atoms with Crippen molar-refractivity contribution in [2.24, 2.45) is 0 Å². The summed E-state index contributed by atoms with van der Waals surface area (Å²) < 4.78 is 1.89. The van der Waals surface area contributed by atoms with Gasteiger partial charge < -0.3 is 0 Å². The second kappa shape index (κ2) is 8.47. The van der Waals surface area contributed by atoms with Crippen LogP contribution in [-0.4, -0.2) is 51.5 Å². The van der Waals surface area contributed by atoms with Gasteiger partial charge in [-0.3, -0.25) is 29.7 Å². The standard InChI is InChI=1S/C20H29N5O/c1-16-13-20(17(2)25(16)22-18(3)26)15-24-10-4-9-23(11-12-24)14-19-5-7-21-8-6-19/h5-8,13H,4,9-12,14-15H2,1-3H3,(H,22,26). The summed E-state index contributed by atoms with van der Waals surface area (Å²) in [7, 11) is 0. The summed E-state index contributed by atoms with van der Waals surface area (Å²) in [5.74, 6) is -0.0418. The molecule has 26 heavy (non-hydrogen) atoms. The van der Waals surface area contributed by atoms with E-state index in [4.69, 9.17) is 0 Å². The fraction of sp³-hybridized carbons (Fsp3) is 0.500. The van der Waals surface area contributed by atoms with Gasteiger partial charge in [0.2, 0.25) is 5.91 Å². The fourth-order valence-corrected chi connectivity index (χ4v) is 3.65. The van der Waals surface area contributed by atoms with Crippen LogP contribution < -0.4 is 5.43 Å². The number of carbonyl (C=O) groups excluding carboxylic acids is 1. The minimum absolute atomic E-state index is 0.0418. The Balaban J connectivity index is 1.59. The van der Waals surface area contributed by atoms with Crippen LogP contribution in [0.1, 0.15) is 35.9 Å². The molecule has 0 spiro atoms. The number of rotatable bonds is 5. The molecule has 3 heterocycles. The number of hydrogen-bond donors (Lipinski definition) is 1. The molecule has 0 aromatic carbocycles. The van der Waals surface area contributed by atoms with E-state index in [9.17, 15) is 4.79 Å². The van der Waals surface area contributed by atoms with Crippen LogP contribution in [-0.2, 0) is 17.9 Å². The van der Waals surface area contributed by atoms with E-state index in [1.54, 1.807) is 6.92 Å². The van der Waals surface area contributed by atoms with Crippen molar-refractivity contribution in [1.29, 1.82) is 0 Å². The quantitative estimate of drug-likeness (QED) is 0.894. The van der Waals surface area contributed by atoms with Crippen molar-refractivity contribution in [1.82, 2.24) is 19.5 Å². The predicted octanol–water partition coefficient (Wildman–Crippen LogP) is 2.30. The summed E-state index contributed by atoms with van der Waals surface area (Å²) in [4.78, 5) is 20.5. The van der Waals surface area contributed by atoms with Crippen LogP contribution in [0.2, 0.25) is 0 Å². The molecule has 3 rings (SSSR count). The monoisotopic (exact) mass is 355 g/mol. The zero-order valence-corrected chi connectivity index (χ0v) is 16.0. The van der Waals surface area contributed by atoms with Gasteiger partial charge in [-0.15, -0.1) is 0 Å². The second-order valence-electron chi connectivity index (χ2n) is 7.16. The van der Waals surface area contributed by atoms with E-state index in [1.807, 2.05) is 24.0 Å². The molecule has 0 radical (unpaired) electrons. The molecule has 0 bridgehead atoms. The summed E-state index contributed by atoms with van der Waals surface area (Å²) >= 11 is 0. The van der Waals surface area contributed by atoms with Gasteiger partial charge in [0.15, 0.2) is 0 Å². The van der Waals surface area contributed by atoms with Crippen molar-refractivity contribution in [3.05, 3.63) is 53.1 Å². The minimum Gasteiger partial charge on any atom is -0.298 e. The van der Waals surface area contributed by atoms with Gasteiger partial charge in [-0.05, 0) is 62.7 Å². The highest BCUT2D eigenvalue weighted by Gasteiger charge is 2.18. The summed E-state index contributed by atoms with van der Waals surface area (Å²) in [6, 6.07) is 6.38. The molecule has 1 aliphatic heterocycles. The van der Waals surface area contributed by atoms with E-state index in [-0.39, 0.29) is 5.91 Å². The predicted molar refractivity (Wildman–Crippen MR) is 103 cm³/mol. The number of pyridine rings is 1. The van der Waals surface area contributed by atoms with Crippen molar-refractivity contribution < 1.29 is 4.79 Å². The average molecular weight is 355 g/mol. The zero-order valence-electron chi connectivity index (χ0n) is 16.0. The van der Waals surface area contributed by atoms with E-state index in [0.29, 0.717) is 0 Å². The second-order valence-corrected chi connectivity index (χ2v) is 7.16. The van der Waals surface area contributed by atoms with Gasteiger partial charge in [-0.25, -0.2) is 0 Å². The molecular weight excluding hydrogens is 326 g/mol. The van der Waals surface area contributed by atoms with E-state index in [2.05, 4.69) is 45.3 Å². The SMILES string of the molecule is CC(=O)Nn1c(C)cc(CN2CCCN(Cc3ccncc3)CC2)c1C. The maximum Gasteiger partial charge on any atom is 0.235 e. The molecule has 1 amide bonds. The van der Waals surface area contributed by atoms with Gasteiger partial charge in [-0.2, -0.15) is 0 Å². The van der Waals surface area contributed by atoms with Crippen molar-refractivity contribution >= 4 is 5.91 Å². The first-order chi connectivity index (χ1) is 12.5. The van der Waals surface area contributed by atoms with Crippen LogP contribution in [0.25, 0.3) is 0 Å². The Hall–Kier alpha value is -2.18. The lowest BCUT2D eigenvalue weighted by Crippen LogP contribution is -2.30. The molecule has 1 fully saturated rings. The third-order valence-corrected chi connectivity index (χ3v) is 5.04. The number of hydrogen-bond acceptors (Lipinski definition) is 4. The lowest BCUT2D eigenvalue weighted by atomic mass is 10.2. The highest BCUT2D eigenvalue weighted by atomic mass is 16.2. The molecule has 0 unspecified atom stereocenters. The van der Waals surface area contributed by atoms with Gasteiger partial charge in [-0.1, -0.05) is 0 Å². The van der Waals surface area contributed by atoms with Gasteiger partial charge in [0.05, 0.1) is 0 Å². The molecule has 140 valence electrons. The van der Waals surface area contributed by atoms with Crippen LogP contribution in [0.5, 0.6) is 0 Å². The number of amides is 1. The van der Waals surface area contributed by atoms with Crippen LogP contribution in [0, 0.1) is 13.8 Å². The molecule has 6 heteroatoms. The van der Waals surface area contributed by atoms with Gasteiger partial charge in [0.25, 0.3) is 0 Å². The summed E-state index contributed by atoms with van der Waals surface area (Å²) in [6.07, 6.45) is 4.91. The molecule has 1 N–H and O–H groups in total. The number of nitrogens with zero attached hydrogens (tertiary/aromatic N) is 4. The molecular formula is C20H29N5O. The largest absolute Gasteiger partial charge is 0.298 e. The van der Waals surface area contributed by atoms with Crippen LogP contribution in [0.4, 0.5) is 0 Å². The molecule has 1 aliphatic rings. The number of aryl methyl sites for hydroxylation is 1. The zero-order chi connectivity index (χ0) is 18.5. The first-order valence-corrected chi connectivity index (χ1v) is 9.32. The third kappa shape index (κ3) is 4.71. The van der Waals surface area contributed by atoms with Crippen molar-refractivity contribution in [2.45, 2.75) is 40.3 Å². The fourth-order valence-electron chi connectivity index (χ4n) is 3.65. The lowest BCUT2D eigenvalue weighted by Gasteiger charge is -2.22. The van der Waals surface area contributed by atoms with Gasteiger partial charge in [0.1, 0.15) is 0 Å². The molecule has 2 aromatic rings. The Morgan fingerprint density at radius 2 is 1.73 bits per heavy atom. The summed E-state index contributed by atoms with van der Waals surface area (Å²) in [5.41, 5.74) is 7.70. The smallest absolute Gasteiger partial charge is 0.235 e. The van der Waals surface area contributed by atoms with Crippen LogP contribution >= 0.6 is 0 Å². The van der Waals surface area contributed by atoms with E-state index < -0.39 is 0 Å². The average Bonchev–Trinajstić information content (AvgIpc) is 2.78. The number of carbonyl (C=O) groups is 1. The lowest BCUT2D eigenvalue weighted by molar-refractivity contribution is -0.115. The maximum atomic E-state index is 11.4. The first kappa shape index (κ1) is 18.6. The summed E-state index contributed by atoms with van der Waals surface area (Å²) in [6.45, 7) is 12.0. The molecule has 0 aliphatic carbocycles.